The van der Waals surface area contributed by atoms with Gasteiger partial charge in [-0.05, 0) is 20.8 Å². The Morgan fingerprint density at radius 3 is 2.60 bits per heavy atom. The molecule has 1 aromatic heterocycles. The summed E-state index contributed by atoms with van der Waals surface area (Å²) in [6.07, 6.45) is 0.236. The number of nitrogens with zero attached hydrogens (tertiary/aromatic N) is 4. The zero-order chi connectivity index (χ0) is 15.4. The Hall–Kier alpha value is -1.96. The van der Waals surface area contributed by atoms with Crippen molar-refractivity contribution in [2.24, 2.45) is 5.73 Å². The van der Waals surface area contributed by atoms with E-state index in [4.69, 9.17) is 5.73 Å². The third-order valence-corrected chi connectivity index (χ3v) is 3.46. The van der Waals surface area contributed by atoms with Gasteiger partial charge in [0.15, 0.2) is 0 Å². The van der Waals surface area contributed by atoms with Crippen LogP contribution in [0.15, 0.2) is 0 Å². The van der Waals surface area contributed by atoms with Crippen LogP contribution < -0.4 is 5.73 Å². The summed E-state index contributed by atoms with van der Waals surface area (Å²) in [7, 11) is 1.70. The van der Waals surface area contributed by atoms with Gasteiger partial charge in [-0.2, -0.15) is 5.10 Å². The molecule has 0 aliphatic rings. The first-order valence-electron chi connectivity index (χ1n) is 6.43. The lowest BCUT2D eigenvalue weighted by Crippen LogP contribution is -2.40. The molecule has 8 nitrogen and oxygen atoms in total. The number of rotatable bonds is 6. The third kappa shape index (κ3) is 3.32. The normalized spacial score (nSPS) is 12.2. The average Bonchev–Trinajstić information content (AvgIpc) is 2.68. The van der Waals surface area contributed by atoms with E-state index in [0.29, 0.717) is 24.5 Å². The van der Waals surface area contributed by atoms with Crippen LogP contribution in [-0.2, 0) is 11.3 Å². The summed E-state index contributed by atoms with van der Waals surface area (Å²) in [6, 6.07) is -0.0303. The molecule has 1 aromatic rings. The Labute approximate surface area is 117 Å². The van der Waals surface area contributed by atoms with Gasteiger partial charge in [-0.3, -0.25) is 19.6 Å². The molecule has 0 radical (unpaired) electrons. The predicted octanol–water partition coefficient (Wildman–Crippen LogP) is 0.604. The summed E-state index contributed by atoms with van der Waals surface area (Å²) in [5.74, 6) is -0.0573. The molecule has 20 heavy (non-hydrogen) atoms. The van der Waals surface area contributed by atoms with Crippen molar-refractivity contribution >= 4 is 11.6 Å². The number of aryl methyl sites for hydroxylation is 2. The van der Waals surface area contributed by atoms with Gasteiger partial charge in [-0.25, -0.2) is 0 Å². The van der Waals surface area contributed by atoms with Crippen LogP contribution in [0.25, 0.3) is 0 Å². The fraction of sp³-hybridized carbons (Fsp3) is 0.667. The van der Waals surface area contributed by atoms with Gasteiger partial charge >= 0.3 is 5.69 Å². The Balaban J connectivity index is 2.74. The van der Waals surface area contributed by atoms with Crippen molar-refractivity contribution in [1.82, 2.24) is 14.7 Å². The highest BCUT2D eigenvalue weighted by Gasteiger charge is 2.22. The van der Waals surface area contributed by atoms with Crippen LogP contribution in [0.3, 0.4) is 0 Å². The lowest BCUT2D eigenvalue weighted by atomic mass is 10.2. The monoisotopic (exact) mass is 283 g/mol. The van der Waals surface area contributed by atoms with Crippen LogP contribution in [0.1, 0.15) is 24.7 Å². The van der Waals surface area contributed by atoms with E-state index in [1.54, 1.807) is 25.8 Å². The van der Waals surface area contributed by atoms with Crippen LogP contribution in [0.5, 0.6) is 0 Å². The minimum absolute atomic E-state index is 0.0149. The van der Waals surface area contributed by atoms with Crippen molar-refractivity contribution in [3.05, 3.63) is 21.5 Å². The van der Waals surface area contributed by atoms with E-state index < -0.39 is 4.92 Å². The SMILES string of the molecule is Cc1nn(CCC(=O)N(C)C(C)CN)c(C)c1[N+](=O)[O-]. The number of carbonyl (C=O) groups excluding carboxylic acids is 1. The Morgan fingerprint density at radius 2 is 2.15 bits per heavy atom. The molecule has 0 aliphatic carbocycles. The number of nitrogens with two attached hydrogens (primary N) is 1. The number of likely N-dealkylation sites (N-methyl/N-ethyl adjacent to an activating group) is 1. The van der Waals surface area contributed by atoms with E-state index in [2.05, 4.69) is 5.10 Å². The number of amides is 1. The summed E-state index contributed by atoms with van der Waals surface area (Å²) in [5, 5.41) is 15.0. The van der Waals surface area contributed by atoms with E-state index in [9.17, 15) is 14.9 Å². The Kier molecular flexibility index (Phi) is 5.20. The molecule has 8 heteroatoms. The molecule has 0 aromatic carbocycles. The topological polar surface area (TPSA) is 107 Å². The van der Waals surface area contributed by atoms with E-state index in [0.717, 1.165) is 0 Å². The highest BCUT2D eigenvalue weighted by Crippen LogP contribution is 2.21. The first-order chi connectivity index (χ1) is 9.29. The van der Waals surface area contributed by atoms with Gasteiger partial charge in [0.25, 0.3) is 0 Å². The molecule has 1 atom stereocenters. The van der Waals surface area contributed by atoms with E-state index in [1.165, 1.54) is 4.68 Å². The summed E-state index contributed by atoms with van der Waals surface area (Å²) in [5.41, 5.74) is 6.36. The van der Waals surface area contributed by atoms with Crippen molar-refractivity contribution in [2.75, 3.05) is 13.6 Å². The van der Waals surface area contributed by atoms with E-state index in [1.807, 2.05) is 6.92 Å². The summed E-state index contributed by atoms with van der Waals surface area (Å²) in [4.78, 5) is 24.0. The molecule has 0 saturated carbocycles. The highest BCUT2D eigenvalue weighted by molar-refractivity contribution is 5.76. The molecule has 1 rings (SSSR count). The van der Waals surface area contributed by atoms with Gasteiger partial charge in [0.05, 0.1) is 11.5 Å². The van der Waals surface area contributed by atoms with Gasteiger partial charge in [0, 0.05) is 26.1 Å². The van der Waals surface area contributed by atoms with Crippen molar-refractivity contribution in [3.8, 4) is 0 Å². The molecule has 1 heterocycles. The van der Waals surface area contributed by atoms with Gasteiger partial charge in [-0.1, -0.05) is 0 Å². The number of nitro groups is 1. The van der Waals surface area contributed by atoms with Crippen LogP contribution in [-0.4, -0.2) is 45.1 Å². The first-order valence-corrected chi connectivity index (χ1v) is 6.43. The molecule has 0 bridgehead atoms. The number of carbonyl (C=O) groups is 1. The van der Waals surface area contributed by atoms with Crippen LogP contribution in [0.4, 0.5) is 5.69 Å². The standard InChI is InChI=1S/C12H21N5O3/c1-8(7-13)15(4)11(18)5-6-16-10(3)12(17(19)20)9(2)14-16/h8H,5-7,13H2,1-4H3. The molecule has 1 unspecified atom stereocenters. The van der Waals surface area contributed by atoms with Crippen molar-refractivity contribution in [3.63, 3.8) is 0 Å². The van der Waals surface area contributed by atoms with Gasteiger partial charge in [0.1, 0.15) is 11.4 Å². The Bertz CT molecular complexity index is 511. The van der Waals surface area contributed by atoms with Crippen LogP contribution in [0.2, 0.25) is 0 Å². The molecule has 2 N–H and O–H groups in total. The zero-order valence-corrected chi connectivity index (χ0v) is 12.3. The molecule has 0 aliphatic heterocycles. The number of hydrogen-bond acceptors (Lipinski definition) is 5. The Morgan fingerprint density at radius 1 is 1.55 bits per heavy atom. The highest BCUT2D eigenvalue weighted by atomic mass is 16.6. The van der Waals surface area contributed by atoms with Gasteiger partial charge in [0.2, 0.25) is 5.91 Å². The maximum absolute atomic E-state index is 11.9. The third-order valence-electron chi connectivity index (χ3n) is 3.46. The van der Waals surface area contributed by atoms with Crippen molar-refractivity contribution in [1.29, 1.82) is 0 Å². The summed E-state index contributed by atoms with van der Waals surface area (Å²) in [6.45, 7) is 5.81. The number of aromatic nitrogens is 2. The molecule has 112 valence electrons. The van der Waals surface area contributed by atoms with Crippen molar-refractivity contribution in [2.45, 2.75) is 39.8 Å². The second-order valence-electron chi connectivity index (χ2n) is 4.84. The number of hydrogen-bond donors (Lipinski definition) is 1. The quantitative estimate of drug-likeness (QED) is 0.607. The minimum atomic E-state index is -0.446. The maximum Gasteiger partial charge on any atom is 0.312 e. The van der Waals surface area contributed by atoms with Gasteiger partial charge < -0.3 is 10.6 Å². The fourth-order valence-corrected chi connectivity index (χ4v) is 1.95. The average molecular weight is 283 g/mol. The second-order valence-corrected chi connectivity index (χ2v) is 4.84. The first kappa shape index (κ1) is 16.1. The second kappa shape index (κ2) is 6.47. The molecule has 1 amide bonds. The van der Waals surface area contributed by atoms with Crippen LogP contribution in [0, 0.1) is 24.0 Å². The molecule has 0 spiro atoms. The van der Waals surface area contributed by atoms with E-state index >= 15 is 0 Å². The van der Waals surface area contributed by atoms with Crippen LogP contribution >= 0.6 is 0 Å². The van der Waals surface area contributed by atoms with Gasteiger partial charge in [-0.15, -0.1) is 0 Å². The maximum atomic E-state index is 11.9. The lowest BCUT2D eigenvalue weighted by Gasteiger charge is -2.23. The smallest absolute Gasteiger partial charge is 0.312 e. The summed E-state index contributed by atoms with van der Waals surface area (Å²) >= 11 is 0. The van der Waals surface area contributed by atoms with Crippen molar-refractivity contribution < 1.29 is 9.72 Å². The predicted molar refractivity (Wildman–Crippen MR) is 74.3 cm³/mol. The summed E-state index contributed by atoms with van der Waals surface area (Å²) < 4.78 is 1.51. The molecule has 0 saturated heterocycles. The largest absolute Gasteiger partial charge is 0.342 e. The van der Waals surface area contributed by atoms with E-state index in [-0.39, 0.29) is 24.1 Å². The fourth-order valence-electron chi connectivity index (χ4n) is 1.95. The zero-order valence-electron chi connectivity index (χ0n) is 12.3. The molecular formula is C12H21N5O3. The molecular weight excluding hydrogens is 262 g/mol. The molecule has 0 fully saturated rings. The lowest BCUT2D eigenvalue weighted by molar-refractivity contribution is -0.386. The minimum Gasteiger partial charge on any atom is -0.342 e.